The summed E-state index contributed by atoms with van der Waals surface area (Å²) in [6.45, 7) is 5.50. The Kier molecular flexibility index (Phi) is 5.18. The molecule has 5 heteroatoms. The van der Waals surface area contributed by atoms with E-state index in [4.69, 9.17) is 4.74 Å². The molecule has 0 radical (unpaired) electrons. The molecule has 128 valence electrons. The van der Waals surface area contributed by atoms with Gasteiger partial charge in [-0.1, -0.05) is 25.1 Å². The SMILES string of the molecule is CC[C@H](Oc1ccccc1C)C(=O)N1CCC[C@@H](c2ncc[nH]2)C1. The molecule has 1 N–H and O–H groups in total. The van der Waals surface area contributed by atoms with Crippen LogP contribution < -0.4 is 4.74 Å². The Labute approximate surface area is 143 Å². The van der Waals surface area contributed by atoms with Gasteiger partial charge in [0, 0.05) is 31.4 Å². The Morgan fingerprint density at radius 3 is 3.00 bits per heavy atom. The number of hydrogen-bond acceptors (Lipinski definition) is 3. The van der Waals surface area contributed by atoms with Crippen molar-refractivity contribution in [2.45, 2.75) is 45.1 Å². The summed E-state index contributed by atoms with van der Waals surface area (Å²) in [5, 5.41) is 0. The molecule has 1 fully saturated rings. The number of hydrogen-bond donors (Lipinski definition) is 1. The first-order valence-electron chi connectivity index (χ1n) is 8.69. The van der Waals surface area contributed by atoms with E-state index in [0.29, 0.717) is 13.0 Å². The van der Waals surface area contributed by atoms with Gasteiger partial charge in [0.2, 0.25) is 0 Å². The maximum atomic E-state index is 12.9. The van der Waals surface area contributed by atoms with Gasteiger partial charge >= 0.3 is 0 Å². The zero-order valence-corrected chi connectivity index (χ0v) is 14.4. The number of nitrogens with one attached hydrogen (secondary N) is 1. The van der Waals surface area contributed by atoms with Gasteiger partial charge < -0.3 is 14.6 Å². The van der Waals surface area contributed by atoms with Gasteiger partial charge in [0.05, 0.1) is 0 Å². The highest BCUT2D eigenvalue weighted by Gasteiger charge is 2.30. The van der Waals surface area contributed by atoms with Crippen molar-refractivity contribution in [1.82, 2.24) is 14.9 Å². The van der Waals surface area contributed by atoms with Crippen LogP contribution in [0.4, 0.5) is 0 Å². The number of aryl methyl sites for hydroxylation is 1. The molecular formula is C19H25N3O2. The molecule has 0 saturated carbocycles. The molecule has 1 saturated heterocycles. The number of rotatable bonds is 5. The summed E-state index contributed by atoms with van der Waals surface area (Å²) in [5.74, 6) is 2.13. The van der Waals surface area contributed by atoms with Crippen molar-refractivity contribution in [2.75, 3.05) is 13.1 Å². The Morgan fingerprint density at radius 1 is 1.46 bits per heavy atom. The molecule has 3 rings (SSSR count). The summed E-state index contributed by atoms with van der Waals surface area (Å²) >= 11 is 0. The third kappa shape index (κ3) is 3.61. The van der Waals surface area contributed by atoms with Crippen molar-refractivity contribution in [3.05, 3.63) is 48.0 Å². The highest BCUT2D eigenvalue weighted by Crippen LogP contribution is 2.26. The Bertz CT molecular complexity index is 669. The van der Waals surface area contributed by atoms with Gasteiger partial charge in [-0.25, -0.2) is 4.98 Å². The number of carbonyl (C=O) groups is 1. The van der Waals surface area contributed by atoms with Crippen LogP contribution in [0.2, 0.25) is 0 Å². The van der Waals surface area contributed by atoms with Crippen molar-refractivity contribution < 1.29 is 9.53 Å². The molecule has 0 aliphatic carbocycles. The smallest absolute Gasteiger partial charge is 0.263 e. The van der Waals surface area contributed by atoms with E-state index in [1.54, 1.807) is 6.20 Å². The number of aromatic amines is 1. The van der Waals surface area contributed by atoms with Crippen molar-refractivity contribution in [1.29, 1.82) is 0 Å². The minimum Gasteiger partial charge on any atom is -0.480 e. The molecule has 24 heavy (non-hydrogen) atoms. The van der Waals surface area contributed by atoms with Crippen LogP contribution in [0.1, 0.15) is 43.5 Å². The van der Waals surface area contributed by atoms with Crippen LogP contribution in [-0.4, -0.2) is 40.0 Å². The topological polar surface area (TPSA) is 58.2 Å². The van der Waals surface area contributed by atoms with Gasteiger partial charge in [-0.2, -0.15) is 0 Å². The maximum absolute atomic E-state index is 12.9. The van der Waals surface area contributed by atoms with E-state index in [-0.39, 0.29) is 11.8 Å². The number of H-pyrrole nitrogens is 1. The first-order chi connectivity index (χ1) is 11.7. The summed E-state index contributed by atoms with van der Waals surface area (Å²) in [7, 11) is 0. The van der Waals surface area contributed by atoms with E-state index < -0.39 is 6.10 Å². The Morgan fingerprint density at radius 2 is 2.29 bits per heavy atom. The third-order valence-corrected chi connectivity index (χ3v) is 4.65. The van der Waals surface area contributed by atoms with E-state index in [1.165, 1.54) is 0 Å². The highest BCUT2D eigenvalue weighted by atomic mass is 16.5. The molecule has 2 heterocycles. The van der Waals surface area contributed by atoms with Crippen molar-refractivity contribution in [3.8, 4) is 5.75 Å². The number of aromatic nitrogens is 2. The number of ether oxygens (including phenoxy) is 1. The molecular weight excluding hydrogens is 302 g/mol. The molecule has 0 spiro atoms. The number of amides is 1. The lowest BCUT2D eigenvalue weighted by molar-refractivity contribution is -0.140. The zero-order valence-electron chi connectivity index (χ0n) is 14.4. The molecule has 1 amide bonds. The van der Waals surface area contributed by atoms with E-state index in [0.717, 1.165) is 36.5 Å². The fourth-order valence-corrected chi connectivity index (χ4v) is 3.26. The molecule has 5 nitrogen and oxygen atoms in total. The predicted octanol–water partition coefficient (Wildman–Crippen LogP) is 3.28. The number of benzene rings is 1. The summed E-state index contributed by atoms with van der Waals surface area (Å²) < 4.78 is 6.02. The second-order valence-corrected chi connectivity index (χ2v) is 6.38. The maximum Gasteiger partial charge on any atom is 0.263 e. The summed E-state index contributed by atoms with van der Waals surface area (Å²) in [6.07, 6.45) is 5.90. The zero-order chi connectivity index (χ0) is 16.9. The second-order valence-electron chi connectivity index (χ2n) is 6.38. The largest absolute Gasteiger partial charge is 0.480 e. The fourth-order valence-electron chi connectivity index (χ4n) is 3.26. The minimum atomic E-state index is -0.429. The first kappa shape index (κ1) is 16.6. The van der Waals surface area contributed by atoms with Gasteiger partial charge in [-0.3, -0.25) is 4.79 Å². The molecule has 2 atom stereocenters. The molecule has 1 aliphatic heterocycles. The van der Waals surface area contributed by atoms with Crippen LogP contribution >= 0.6 is 0 Å². The lowest BCUT2D eigenvalue weighted by Gasteiger charge is -2.34. The molecule has 2 aromatic rings. The number of nitrogens with zero attached hydrogens (tertiary/aromatic N) is 2. The van der Waals surface area contributed by atoms with Gasteiger partial charge in [-0.05, 0) is 37.8 Å². The fraction of sp³-hybridized carbons (Fsp3) is 0.474. The minimum absolute atomic E-state index is 0.0806. The van der Waals surface area contributed by atoms with Crippen LogP contribution in [0, 0.1) is 6.92 Å². The van der Waals surface area contributed by atoms with Crippen LogP contribution in [-0.2, 0) is 4.79 Å². The van der Waals surface area contributed by atoms with Crippen LogP contribution in [0.25, 0.3) is 0 Å². The van der Waals surface area contributed by atoms with E-state index in [2.05, 4.69) is 9.97 Å². The lowest BCUT2D eigenvalue weighted by atomic mass is 9.97. The molecule has 0 unspecified atom stereocenters. The lowest BCUT2D eigenvalue weighted by Crippen LogP contribution is -2.46. The number of likely N-dealkylation sites (tertiary alicyclic amines) is 1. The highest BCUT2D eigenvalue weighted by molar-refractivity contribution is 5.81. The monoisotopic (exact) mass is 327 g/mol. The molecule has 0 bridgehead atoms. The summed E-state index contributed by atoms with van der Waals surface area (Å²) in [4.78, 5) is 22.4. The van der Waals surface area contributed by atoms with Crippen molar-refractivity contribution in [3.63, 3.8) is 0 Å². The number of carbonyl (C=O) groups excluding carboxylic acids is 1. The number of para-hydroxylation sites is 1. The van der Waals surface area contributed by atoms with E-state index >= 15 is 0 Å². The molecule has 1 aromatic heterocycles. The number of imidazole rings is 1. The summed E-state index contributed by atoms with van der Waals surface area (Å²) in [6, 6.07) is 7.84. The van der Waals surface area contributed by atoms with Crippen LogP contribution in [0.5, 0.6) is 5.75 Å². The third-order valence-electron chi connectivity index (χ3n) is 4.65. The van der Waals surface area contributed by atoms with Gasteiger partial charge in [0.15, 0.2) is 6.10 Å². The van der Waals surface area contributed by atoms with Crippen LogP contribution in [0.15, 0.2) is 36.7 Å². The van der Waals surface area contributed by atoms with Gasteiger partial charge in [0.1, 0.15) is 11.6 Å². The van der Waals surface area contributed by atoms with Crippen molar-refractivity contribution in [2.24, 2.45) is 0 Å². The Balaban J connectivity index is 1.68. The average Bonchev–Trinajstić information content (AvgIpc) is 3.15. The summed E-state index contributed by atoms with van der Waals surface area (Å²) in [5.41, 5.74) is 1.05. The normalized spacial score (nSPS) is 19.1. The van der Waals surface area contributed by atoms with E-state index in [1.807, 2.05) is 49.2 Å². The standard InChI is InChI=1S/C19H25N3O2/c1-3-16(24-17-9-5-4-7-14(17)2)19(23)22-12-6-8-15(13-22)18-20-10-11-21-18/h4-5,7,9-11,15-16H,3,6,8,12-13H2,1-2H3,(H,20,21)/t15-,16+/m1/s1. The van der Waals surface area contributed by atoms with Gasteiger partial charge in [0.25, 0.3) is 5.91 Å². The molecule has 1 aromatic carbocycles. The van der Waals surface area contributed by atoms with Crippen molar-refractivity contribution >= 4 is 5.91 Å². The Hall–Kier alpha value is -2.30. The van der Waals surface area contributed by atoms with Gasteiger partial charge in [-0.15, -0.1) is 0 Å². The van der Waals surface area contributed by atoms with Crippen LogP contribution in [0.3, 0.4) is 0 Å². The molecule has 1 aliphatic rings. The number of piperidine rings is 1. The first-order valence-corrected chi connectivity index (χ1v) is 8.69. The predicted molar refractivity (Wildman–Crippen MR) is 93.0 cm³/mol. The second kappa shape index (κ2) is 7.51. The average molecular weight is 327 g/mol. The van der Waals surface area contributed by atoms with E-state index in [9.17, 15) is 4.79 Å². The quantitative estimate of drug-likeness (QED) is 0.917.